The third-order valence-corrected chi connectivity index (χ3v) is 4.77. The molecule has 0 saturated carbocycles. The van der Waals surface area contributed by atoms with Gasteiger partial charge in [0.2, 0.25) is 0 Å². The van der Waals surface area contributed by atoms with Gasteiger partial charge in [-0.15, -0.1) is 0 Å². The second-order valence-corrected chi connectivity index (χ2v) is 8.77. The normalized spacial score (nSPS) is 18.3. The Morgan fingerprint density at radius 2 is 1.82 bits per heavy atom. The van der Waals surface area contributed by atoms with Gasteiger partial charge in [-0.25, -0.2) is 4.79 Å². The molecule has 0 spiro atoms. The molecule has 6 nitrogen and oxygen atoms in total. The fourth-order valence-corrected chi connectivity index (χ4v) is 4.06. The molecule has 1 aliphatic heterocycles. The van der Waals surface area contributed by atoms with Crippen molar-refractivity contribution in [3.63, 3.8) is 0 Å². The minimum Gasteiger partial charge on any atom is -0.489 e. The number of ether oxygens (including phenoxy) is 1. The van der Waals surface area contributed by atoms with E-state index < -0.39 is 0 Å². The largest absolute Gasteiger partial charge is 0.489 e. The number of rotatable bonds is 5. The van der Waals surface area contributed by atoms with E-state index in [-0.39, 0.29) is 23.2 Å². The van der Waals surface area contributed by atoms with Crippen molar-refractivity contribution in [1.29, 1.82) is 0 Å². The van der Waals surface area contributed by atoms with Crippen molar-refractivity contribution in [2.75, 3.05) is 5.32 Å². The summed E-state index contributed by atoms with van der Waals surface area (Å²) in [6.07, 6.45) is 5.31. The van der Waals surface area contributed by atoms with Gasteiger partial charge in [0, 0.05) is 40.8 Å². The molecule has 0 unspecified atom stereocenters. The molecule has 0 bridgehead atoms. The Morgan fingerprint density at radius 1 is 1.14 bits per heavy atom. The van der Waals surface area contributed by atoms with Crippen LogP contribution >= 0.6 is 0 Å². The van der Waals surface area contributed by atoms with Crippen molar-refractivity contribution < 1.29 is 9.53 Å². The average Bonchev–Trinajstić information content (AvgIpc) is 2.59. The first-order chi connectivity index (χ1) is 13.2. The SMILES string of the molecule is CC1(C)CC(NC(=O)Nc2ccc(OCc3cccnc3)cc2)CC(C)(C)N1. The van der Waals surface area contributed by atoms with Crippen LogP contribution in [-0.2, 0) is 6.61 Å². The van der Waals surface area contributed by atoms with Crippen molar-refractivity contribution in [1.82, 2.24) is 15.6 Å². The third-order valence-electron chi connectivity index (χ3n) is 4.77. The van der Waals surface area contributed by atoms with E-state index in [9.17, 15) is 4.79 Å². The Hall–Kier alpha value is -2.60. The topological polar surface area (TPSA) is 75.3 Å². The van der Waals surface area contributed by atoms with E-state index in [0.717, 1.165) is 29.8 Å². The lowest BCUT2D eigenvalue weighted by molar-refractivity contribution is 0.149. The van der Waals surface area contributed by atoms with E-state index >= 15 is 0 Å². The predicted molar refractivity (Wildman–Crippen MR) is 111 cm³/mol. The molecule has 150 valence electrons. The summed E-state index contributed by atoms with van der Waals surface area (Å²) in [5.41, 5.74) is 1.73. The number of nitrogens with one attached hydrogen (secondary N) is 3. The molecule has 0 radical (unpaired) electrons. The van der Waals surface area contributed by atoms with Gasteiger partial charge in [0.15, 0.2) is 0 Å². The van der Waals surface area contributed by atoms with Crippen LogP contribution < -0.4 is 20.7 Å². The number of urea groups is 1. The molecule has 2 aromatic rings. The second-order valence-electron chi connectivity index (χ2n) is 8.77. The molecule has 0 atom stereocenters. The summed E-state index contributed by atoms with van der Waals surface area (Å²) < 4.78 is 5.74. The van der Waals surface area contributed by atoms with Crippen LogP contribution in [0.1, 0.15) is 46.1 Å². The molecule has 1 fully saturated rings. The molecular formula is C22H30N4O2. The molecule has 1 aromatic carbocycles. The summed E-state index contributed by atoms with van der Waals surface area (Å²) >= 11 is 0. The zero-order valence-corrected chi connectivity index (χ0v) is 17.1. The van der Waals surface area contributed by atoms with Gasteiger partial charge in [-0.05, 0) is 70.9 Å². The van der Waals surface area contributed by atoms with Crippen molar-refractivity contribution in [3.8, 4) is 5.75 Å². The van der Waals surface area contributed by atoms with Crippen LogP contribution in [0.5, 0.6) is 5.75 Å². The van der Waals surface area contributed by atoms with Gasteiger partial charge in [-0.3, -0.25) is 4.98 Å². The molecule has 1 aliphatic rings. The molecular weight excluding hydrogens is 352 g/mol. The Kier molecular flexibility index (Phi) is 5.89. The van der Waals surface area contributed by atoms with Crippen LogP contribution in [0.4, 0.5) is 10.5 Å². The van der Waals surface area contributed by atoms with Gasteiger partial charge in [0.25, 0.3) is 0 Å². The maximum atomic E-state index is 12.4. The molecule has 0 aliphatic carbocycles. The number of hydrogen-bond acceptors (Lipinski definition) is 4. The predicted octanol–water partition coefficient (Wildman–Crippen LogP) is 4.09. The molecule has 2 amide bonds. The molecule has 2 heterocycles. The molecule has 3 rings (SSSR count). The number of anilines is 1. The first kappa shape index (κ1) is 20.1. The Morgan fingerprint density at radius 3 is 2.43 bits per heavy atom. The van der Waals surface area contributed by atoms with Crippen molar-refractivity contribution in [3.05, 3.63) is 54.4 Å². The van der Waals surface area contributed by atoms with E-state index in [1.807, 2.05) is 36.4 Å². The maximum Gasteiger partial charge on any atom is 0.319 e. The zero-order valence-electron chi connectivity index (χ0n) is 17.1. The number of benzene rings is 1. The summed E-state index contributed by atoms with van der Waals surface area (Å²) in [4.78, 5) is 16.5. The zero-order chi connectivity index (χ0) is 20.2. The highest BCUT2D eigenvalue weighted by Gasteiger charge is 2.38. The number of amides is 2. The number of nitrogens with zero attached hydrogens (tertiary/aromatic N) is 1. The standard InChI is InChI=1S/C22H30N4O2/c1-21(2)12-18(13-22(3,4)26-21)25-20(27)24-17-7-9-19(10-8-17)28-15-16-6-5-11-23-14-16/h5-11,14,18,26H,12-13,15H2,1-4H3,(H2,24,25,27). The van der Waals surface area contributed by atoms with E-state index in [0.29, 0.717) is 6.61 Å². The first-order valence-electron chi connectivity index (χ1n) is 9.69. The quantitative estimate of drug-likeness (QED) is 0.728. The molecule has 6 heteroatoms. The van der Waals surface area contributed by atoms with Gasteiger partial charge >= 0.3 is 6.03 Å². The summed E-state index contributed by atoms with van der Waals surface area (Å²) in [5.74, 6) is 0.747. The van der Waals surface area contributed by atoms with E-state index in [1.54, 1.807) is 12.4 Å². The maximum absolute atomic E-state index is 12.4. The third kappa shape index (κ3) is 5.96. The lowest BCUT2D eigenvalue weighted by Gasteiger charge is -2.46. The Bertz CT molecular complexity index is 772. The van der Waals surface area contributed by atoms with Crippen LogP contribution in [0.25, 0.3) is 0 Å². The monoisotopic (exact) mass is 382 g/mol. The average molecular weight is 383 g/mol. The summed E-state index contributed by atoms with van der Waals surface area (Å²) in [6, 6.07) is 11.2. The highest BCUT2D eigenvalue weighted by Crippen LogP contribution is 2.28. The van der Waals surface area contributed by atoms with Crippen LogP contribution in [0, 0.1) is 0 Å². The van der Waals surface area contributed by atoms with Crippen molar-refractivity contribution in [2.45, 2.75) is 64.3 Å². The summed E-state index contributed by atoms with van der Waals surface area (Å²) in [6.45, 7) is 9.15. The molecule has 1 saturated heterocycles. The number of carbonyl (C=O) groups excluding carboxylic acids is 1. The minimum absolute atomic E-state index is 0.00699. The van der Waals surface area contributed by atoms with Crippen LogP contribution in [0.15, 0.2) is 48.8 Å². The number of pyridine rings is 1. The van der Waals surface area contributed by atoms with Crippen LogP contribution in [-0.4, -0.2) is 28.1 Å². The molecule has 3 N–H and O–H groups in total. The molecule has 1 aromatic heterocycles. The fourth-order valence-electron chi connectivity index (χ4n) is 4.06. The Balaban J connectivity index is 1.50. The van der Waals surface area contributed by atoms with E-state index in [4.69, 9.17) is 4.74 Å². The highest BCUT2D eigenvalue weighted by atomic mass is 16.5. The fraction of sp³-hybridized carbons (Fsp3) is 0.455. The van der Waals surface area contributed by atoms with Gasteiger partial charge in [-0.1, -0.05) is 6.07 Å². The van der Waals surface area contributed by atoms with Gasteiger partial charge in [0.05, 0.1) is 0 Å². The van der Waals surface area contributed by atoms with Crippen molar-refractivity contribution in [2.24, 2.45) is 0 Å². The van der Waals surface area contributed by atoms with Crippen LogP contribution in [0.2, 0.25) is 0 Å². The lowest BCUT2D eigenvalue weighted by atomic mass is 9.80. The first-order valence-corrected chi connectivity index (χ1v) is 9.69. The van der Waals surface area contributed by atoms with Gasteiger partial charge in [0.1, 0.15) is 12.4 Å². The number of hydrogen-bond donors (Lipinski definition) is 3. The Labute approximate surface area is 167 Å². The minimum atomic E-state index is -0.178. The number of piperidine rings is 1. The van der Waals surface area contributed by atoms with E-state index in [2.05, 4.69) is 48.6 Å². The molecule has 28 heavy (non-hydrogen) atoms. The highest BCUT2D eigenvalue weighted by molar-refractivity contribution is 5.89. The van der Waals surface area contributed by atoms with Crippen molar-refractivity contribution >= 4 is 11.7 Å². The smallest absolute Gasteiger partial charge is 0.319 e. The van der Waals surface area contributed by atoms with Crippen LogP contribution in [0.3, 0.4) is 0 Å². The second kappa shape index (κ2) is 8.19. The van der Waals surface area contributed by atoms with Gasteiger partial charge < -0.3 is 20.7 Å². The van der Waals surface area contributed by atoms with E-state index in [1.165, 1.54) is 0 Å². The van der Waals surface area contributed by atoms with Gasteiger partial charge in [-0.2, -0.15) is 0 Å². The lowest BCUT2D eigenvalue weighted by Crippen LogP contribution is -2.62. The number of aromatic nitrogens is 1. The summed E-state index contributed by atoms with van der Waals surface area (Å²) in [7, 11) is 0. The number of carbonyl (C=O) groups is 1. The summed E-state index contributed by atoms with van der Waals surface area (Å²) in [5, 5.41) is 9.65.